The number of nitro benzene ring substituents is 1. The third-order valence-corrected chi connectivity index (χ3v) is 5.55. The van der Waals surface area contributed by atoms with Gasteiger partial charge in [-0.15, -0.1) is 0 Å². The highest BCUT2D eigenvalue weighted by Crippen LogP contribution is 2.42. The molecule has 1 aromatic carbocycles. The number of carbonyl (C=O) groups excluding carboxylic acids is 1. The number of nitrogens with zero attached hydrogens (tertiary/aromatic N) is 4. The fraction of sp³-hybridized carbons (Fsp3) is 0.235. The fourth-order valence-corrected chi connectivity index (χ4v) is 4.46. The Morgan fingerprint density at radius 1 is 1.45 bits per heavy atom. The largest absolute Gasteiger partial charge is 0.463 e. The smallest absolute Gasteiger partial charge is 0.347 e. The fourth-order valence-electron chi connectivity index (χ4n) is 2.67. The van der Waals surface area contributed by atoms with Crippen LogP contribution in [0.2, 0.25) is 0 Å². The maximum atomic E-state index is 12.6. The lowest BCUT2D eigenvalue weighted by atomic mass is 10.1. The SMILES string of the molecule is CC1(C)SC(=S)N(/N=C\c2ccco2)[C@H]1N(O)C(=O)Nc1ccc([N+](=O)[O-])cc1. The number of nitrogens with one attached hydrogen (secondary N) is 1. The summed E-state index contributed by atoms with van der Waals surface area (Å²) in [6.45, 7) is 3.64. The van der Waals surface area contributed by atoms with Crippen LogP contribution in [0.4, 0.5) is 16.2 Å². The number of carbonyl (C=O) groups is 1. The second-order valence-electron chi connectivity index (χ2n) is 6.53. The summed E-state index contributed by atoms with van der Waals surface area (Å²) in [5.41, 5.74) is 0.178. The maximum Gasteiger partial charge on any atom is 0.347 e. The van der Waals surface area contributed by atoms with E-state index in [4.69, 9.17) is 16.6 Å². The van der Waals surface area contributed by atoms with E-state index < -0.39 is 21.9 Å². The van der Waals surface area contributed by atoms with Crippen LogP contribution in [0.25, 0.3) is 0 Å². The molecule has 0 radical (unpaired) electrons. The van der Waals surface area contributed by atoms with E-state index in [0.717, 1.165) is 0 Å². The van der Waals surface area contributed by atoms with Crippen molar-refractivity contribution in [3.8, 4) is 0 Å². The number of furan rings is 1. The van der Waals surface area contributed by atoms with Crippen molar-refractivity contribution in [1.29, 1.82) is 0 Å². The van der Waals surface area contributed by atoms with Gasteiger partial charge in [-0.25, -0.2) is 9.80 Å². The molecule has 2 aromatic rings. The van der Waals surface area contributed by atoms with Crippen molar-refractivity contribution in [3.05, 3.63) is 58.5 Å². The van der Waals surface area contributed by atoms with E-state index in [1.165, 1.54) is 53.5 Å². The Kier molecular flexibility index (Phi) is 5.86. The first-order valence-corrected chi connectivity index (χ1v) is 9.55. The van der Waals surface area contributed by atoms with Gasteiger partial charge in [0.2, 0.25) is 0 Å². The predicted molar refractivity (Wildman–Crippen MR) is 112 cm³/mol. The zero-order valence-corrected chi connectivity index (χ0v) is 17.0. The number of anilines is 1. The molecule has 12 heteroatoms. The topological polar surface area (TPSA) is 124 Å². The molecule has 3 rings (SSSR count). The van der Waals surface area contributed by atoms with Gasteiger partial charge in [-0.05, 0) is 38.1 Å². The molecule has 0 aliphatic carbocycles. The molecule has 10 nitrogen and oxygen atoms in total. The van der Waals surface area contributed by atoms with Crippen molar-refractivity contribution in [1.82, 2.24) is 10.1 Å². The molecule has 0 saturated carbocycles. The standard InChI is InChI=1S/C17H17N5O5S2/c1-17(2)14(20(16(28)29-17)18-10-13-4-3-9-27-13)21(24)15(23)19-11-5-7-12(8-6-11)22(25)26/h3-10,14,24H,1-2H3,(H,19,23)/b18-10-/t14-/m0/s1. The minimum atomic E-state index is -0.899. The summed E-state index contributed by atoms with van der Waals surface area (Å²) < 4.78 is 4.91. The average Bonchev–Trinajstić information content (AvgIpc) is 3.24. The highest BCUT2D eigenvalue weighted by atomic mass is 32.2. The Bertz CT molecular complexity index is 946. The number of hydrogen-bond acceptors (Lipinski definition) is 8. The number of nitro groups is 1. The van der Waals surface area contributed by atoms with Crippen LogP contribution in [0.15, 0.2) is 52.2 Å². The van der Waals surface area contributed by atoms with Gasteiger partial charge in [-0.2, -0.15) is 10.2 Å². The number of hydrazone groups is 1. The number of hydroxylamine groups is 2. The first kappa shape index (κ1) is 20.8. The highest BCUT2D eigenvalue weighted by Gasteiger charge is 2.50. The molecule has 0 bridgehead atoms. The van der Waals surface area contributed by atoms with Crippen LogP contribution in [0, 0.1) is 10.1 Å². The van der Waals surface area contributed by atoms with Gasteiger partial charge in [0.15, 0.2) is 10.5 Å². The van der Waals surface area contributed by atoms with E-state index in [9.17, 15) is 20.1 Å². The molecular weight excluding hydrogens is 418 g/mol. The molecule has 1 aliphatic heterocycles. The number of amides is 2. The Morgan fingerprint density at radius 3 is 2.72 bits per heavy atom. The summed E-state index contributed by atoms with van der Waals surface area (Å²) in [7, 11) is 0. The first-order valence-electron chi connectivity index (χ1n) is 8.32. The predicted octanol–water partition coefficient (Wildman–Crippen LogP) is 3.88. The molecule has 2 N–H and O–H groups in total. The van der Waals surface area contributed by atoms with Crippen LogP contribution in [0.1, 0.15) is 19.6 Å². The first-order chi connectivity index (χ1) is 13.7. The highest BCUT2D eigenvalue weighted by molar-refractivity contribution is 8.24. The quantitative estimate of drug-likeness (QED) is 0.238. The maximum absolute atomic E-state index is 12.6. The number of rotatable bonds is 5. The summed E-state index contributed by atoms with van der Waals surface area (Å²) >= 11 is 6.64. The van der Waals surface area contributed by atoms with E-state index in [1.807, 2.05) is 13.8 Å². The average molecular weight is 435 g/mol. The third kappa shape index (κ3) is 4.55. The van der Waals surface area contributed by atoms with Crippen LogP contribution >= 0.6 is 24.0 Å². The molecular formula is C17H17N5O5S2. The minimum Gasteiger partial charge on any atom is -0.463 e. The van der Waals surface area contributed by atoms with Crippen LogP contribution in [-0.4, -0.2) is 47.7 Å². The summed E-state index contributed by atoms with van der Waals surface area (Å²) in [6.07, 6.45) is 2.03. The third-order valence-electron chi connectivity index (χ3n) is 4.01. The molecule has 1 fully saturated rings. The van der Waals surface area contributed by atoms with Gasteiger partial charge in [0, 0.05) is 17.8 Å². The van der Waals surface area contributed by atoms with Crippen LogP contribution < -0.4 is 5.32 Å². The van der Waals surface area contributed by atoms with Gasteiger partial charge < -0.3 is 9.73 Å². The molecule has 1 aromatic heterocycles. The van der Waals surface area contributed by atoms with Crippen molar-refractivity contribution >= 4 is 51.9 Å². The summed E-state index contributed by atoms with van der Waals surface area (Å²) in [6, 6.07) is 7.82. The van der Waals surface area contributed by atoms with Gasteiger partial charge in [-0.3, -0.25) is 15.3 Å². The number of non-ortho nitro benzene ring substituents is 1. The molecule has 2 heterocycles. The normalized spacial score (nSPS) is 18.2. The lowest BCUT2D eigenvalue weighted by Gasteiger charge is -2.34. The Labute approximate surface area is 175 Å². The lowest BCUT2D eigenvalue weighted by molar-refractivity contribution is -0.384. The van der Waals surface area contributed by atoms with Crippen LogP contribution in [0.5, 0.6) is 0 Å². The van der Waals surface area contributed by atoms with Gasteiger partial charge in [0.25, 0.3) is 5.69 Å². The van der Waals surface area contributed by atoms with E-state index >= 15 is 0 Å². The van der Waals surface area contributed by atoms with Crippen molar-refractivity contribution in [2.45, 2.75) is 24.8 Å². The molecule has 1 saturated heterocycles. The van der Waals surface area contributed by atoms with Crippen molar-refractivity contribution in [3.63, 3.8) is 0 Å². The van der Waals surface area contributed by atoms with Gasteiger partial charge in [0.1, 0.15) is 5.76 Å². The summed E-state index contributed by atoms with van der Waals surface area (Å²) in [4.78, 5) is 22.8. The van der Waals surface area contributed by atoms with Gasteiger partial charge in [-0.1, -0.05) is 24.0 Å². The van der Waals surface area contributed by atoms with Crippen LogP contribution in [0.3, 0.4) is 0 Å². The molecule has 29 heavy (non-hydrogen) atoms. The molecule has 1 aliphatic rings. The van der Waals surface area contributed by atoms with Gasteiger partial charge in [0.05, 0.1) is 22.1 Å². The van der Waals surface area contributed by atoms with E-state index in [1.54, 1.807) is 12.1 Å². The Balaban J connectivity index is 1.78. The number of thiocarbonyl (C=S) groups is 1. The van der Waals surface area contributed by atoms with E-state index in [-0.39, 0.29) is 11.4 Å². The molecule has 0 spiro atoms. The second kappa shape index (κ2) is 8.19. The number of hydrogen-bond donors (Lipinski definition) is 2. The van der Waals surface area contributed by atoms with Gasteiger partial charge >= 0.3 is 6.03 Å². The molecule has 152 valence electrons. The minimum absolute atomic E-state index is 0.110. The lowest BCUT2D eigenvalue weighted by Crippen LogP contribution is -2.54. The second-order valence-corrected chi connectivity index (χ2v) is 8.82. The van der Waals surface area contributed by atoms with Crippen molar-refractivity contribution in [2.24, 2.45) is 5.10 Å². The van der Waals surface area contributed by atoms with Crippen molar-refractivity contribution in [2.75, 3.05) is 5.32 Å². The number of benzene rings is 1. The number of thioether (sulfide) groups is 1. The number of urea groups is 1. The Morgan fingerprint density at radius 2 is 2.14 bits per heavy atom. The molecule has 0 unspecified atom stereocenters. The zero-order chi connectivity index (χ0) is 21.2. The van der Waals surface area contributed by atoms with Crippen LogP contribution in [-0.2, 0) is 0 Å². The Hall–Kier alpha value is -2.96. The molecule has 1 atom stereocenters. The van der Waals surface area contributed by atoms with E-state index in [2.05, 4.69) is 10.4 Å². The van der Waals surface area contributed by atoms with Crippen molar-refractivity contribution < 1.29 is 19.3 Å². The molecule has 2 amide bonds. The van der Waals surface area contributed by atoms with E-state index in [0.29, 0.717) is 15.1 Å². The monoisotopic (exact) mass is 435 g/mol. The zero-order valence-electron chi connectivity index (χ0n) is 15.4. The summed E-state index contributed by atoms with van der Waals surface area (Å²) in [5, 5.41) is 30.0. The summed E-state index contributed by atoms with van der Waals surface area (Å²) in [5.74, 6) is 0.487.